The molecule has 0 radical (unpaired) electrons. The summed E-state index contributed by atoms with van der Waals surface area (Å²) in [4.78, 5) is -0.0138. The summed E-state index contributed by atoms with van der Waals surface area (Å²) >= 11 is 3.21. The van der Waals surface area contributed by atoms with Gasteiger partial charge in [0.05, 0.1) is 5.69 Å². The number of hydrogen-bond acceptors (Lipinski definition) is 3. The van der Waals surface area contributed by atoms with Crippen molar-refractivity contribution < 1.29 is 12.8 Å². The molecule has 0 amide bonds. The third-order valence-electron chi connectivity index (χ3n) is 2.95. The monoisotopic (exact) mass is 372 g/mol. The van der Waals surface area contributed by atoms with Crippen molar-refractivity contribution in [2.75, 3.05) is 5.73 Å². The van der Waals surface area contributed by atoms with Crippen molar-refractivity contribution in [3.8, 4) is 0 Å². The fourth-order valence-electron chi connectivity index (χ4n) is 1.88. The Balaban J connectivity index is 2.31. The Morgan fingerprint density at radius 3 is 2.62 bits per heavy atom. The van der Waals surface area contributed by atoms with Gasteiger partial charge in [0.25, 0.3) is 0 Å². The first-order chi connectivity index (χ1) is 9.79. The first-order valence-electron chi connectivity index (χ1n) is 6.12. The fourth-order valence-corrected chi connectivity index (χ4v) is 3.78. The summed E-state index contributed by atoms with van der Waals surface area (Å²) in [5, 5.41) is 0. The molecule has 0 bridgehead atoms. The van der Waals surface area contributed by atoms with Gasteiger partial charge in [-0.1, -0.05) is 28.1 Å². The topological polar surface area (TPSA) is 72.2 Å². The van der Waals surface area contributed by atoms with E-state index in [1.165, 1.54) is 30.3 Å². The van der Waals surface area contributed by atoms with E-state index >= 15 is 0 Å². The van der Waals surface area contributed by atoms with Gasteiger partial charge in [-0.25, -0.2) is 17.5 Å². The van der Waals surface area contributed by atoms with Crippen LogP contribution < -0.4 is 10.5 Å². The van der Waals surface area contributed by atoms with Crippen molar-refractivity contribution in [3.05, 3.63) is 58.3 Å². The number of halogens is 2. The van der Waals surface area contributed by atoms with Crippen molar-refractivity contribution >= 4 is 31.6 Å². The molecular formula is C14H14BrFN2O2S. The van der Waals surface area contributed by atoms with Crippen LogP contribution in [-0.4, -0.2) is 8.42 Å². The van der Waals surface area contributed by atoms with Gasteiger partial charge in [0.2, 0.25) is 10.0 Å². The second-order valence-corrected chi connectivity index (χ2v) is 7.18. The quantitative estimate of drug-likeness (QED) is 0.809. The van der Waals surface area contributed by atoms with E-state index in [0.29, 0.717) is 10.0 Å². The highest BCUT2D eigenvalue weighted by molar-refractivity contribution is 9.10. The van der Waals surface area contributed by atoms with Crippen LogP contribution in [0.2, 0.25) is 0 Å². The number of nitrogens with two attached hydrogens (primary N) is 1. The predicted molar refractivity (Wildman–Crippen MR) is 83.7 cm³/mol. The molecule has 1 unspecified atom stereocenters. The average Bonchev–Trinajstić information content (AvgIpc) is 2.41. The molecule has 4 nitrogen and oxygen atoms in total. The maximum atomic E-state index is 13.2. The molecule has 0 aliphatic carbocycles. The van der Waals surface area contributed by atoms with Gasteiger partial charge in [-0.15, -0.1) is 0 Å². The Bertz CT molecular complexity index is 765. The van der Waals surface area contributed by atoms with Crippen LogP contribution in [-0.2, 0) is 10.0 Å². The van der Waals surface area contributed by atoms with Crippen molar-refractivity contribution in [3.63, 3.8) is 0 Å². The number of nitrogen functional groups attached to an aromatic ring is 1. The SMILES string of the molecule is CC(NS(=O)(=O)c1cc(Br)ccc1N)c1cccc(F)c1. The number of rotatable bonds is 4. The summed E-state index contributed by atoms with van der Waals surface area (Å²) in [6.07, 6.45) is 0. The molecule has 0 aliphatic heterocycles. The molecule has 2 aromatic rings. The molecule has 7 heteroatoms. The maximum absolute atomic E-state index is 13.2. The lowest BCUT2D eigenvalue weighted by Crippen LogP contribution is -2.27. The first-order valence-corrected chi connectivity index (χ1v) is 8.40. The number of anilines is 1. The normalized spacial score (nSPS) is 13.1. The zero-order valence-electron chi connectivity index (χ0n) is 11.2. The summed E-state index contributed by atoms with van der Waals surface area (Å²) in [5.41, 5.74) is 6.40. The third kappa shape index (κ3) is 3.81. The lowest BCUT2D eigenvalue weighted by atomic mass is 10.1. The molecule has 0 spiro atoms. The minimum Gasteiger partial charge on any atom is -0.398 e. The van der Waals surface area contributed by atoms with Gasteiger partial charge in [-0.3, -0.25) is 0 Å². The van der Waals surface area contributed by atoms with E-state index in [2.05, 4.69) is 20.7 Å². The van der Waals surface area contributed by atoms with Crippen molar-refractivity contribution in [2.45, 2.75) is 17.9 Å². The molecule has 0 saturated carbocycles. The van der Waals surface area contributed by atoms with Crippen molar-refractivity contribution in [2.24, 2.45) is 0 Å². The molecule has 0 saturated heterocycles. The third-order valence-corrected chi connectivity index (χ3v) is 5.04. The van der Waals surface area contributed by atoms with Gasteiger partial charge in [0.1, 0.15) is 10.7 Å². The highest BCUT2D eigenvalue weighted by atomic mass is 79.9. The Morgan fingerprint density at radius 2 is 1.95 bits per heavy atom. The lowest BCUT2D eigenvalue weighted by molar-refractivity contribution is 0.565. The summed E-state index contributed by atoms with van der Waals surface area (Å²) < 4.78 is 41.0. The molecule has 2 rings (SSSR count). The summed E-state index contributed by atoms with van der Waals surface area (Å²) in [6.45, 7) is 1.64. The Labute approximate surface area is 131 Å². The van der Waals surface area contributed by atoms with Gasteiger partial charge in [0, 0.05) is 10.5 Å². The largest absolute Gasteiger partial charge is 0.398 e. The molecule has 1 atom stereocenters. The van der Waals surface area contributed by atoms with Gasteiger partial charge in [-0.2, -0.15) is 0 Å². The van der Waals surface area contributed by atoms with Crippen LogP contribution in [0.25, 0.3) is 0 Å². The minimum absolute atomic E-state index is 0.0138. The number of hydrogen-bond donors (Lipinski definition) is 2. The second kappa shape index (κ2) is 6.13. The molecule has 0 fully saturated rings. The van der Waals surface area contributed by atoms with Crippen LogP contribution in [0, 0.1) is 5.82 Å². The zero-order chi connectivity index (χ0) is 15.6. The smallest absolute Gasteiger partial charge is 0.243 e. The Hall–Kier alpha value is -1.44. The molecule has 2 aromatic carbocycles. The van der Waals surface area contributed by atoms with Crippen molar-refractivity contribution in [1.82, 2.24) is 4.72 Å². The number of benzene rings is 2. The molecule has 3 N–H and O–H groups in total. The number of sulfonamides is 1. The first kappa shape index (κ1) is 15.9. The highest BCUT2D eigenvalue weighted by Crippen LogP contribution is 2.25. The predicted octanol–water partition coefficient (Wildman–Crippen LogP) is 3.21. The molecular weight excluding hydrogens is 359 g/mol. The fraction of sp³-hybridized carbons (Fsp3) is 0.143. The van der Waals surface area contributed by atoms with E-state index in [-0.39, 0.29) is 10.6 Å². The minimum atomic E-state index is -3.80. The van der Waals surface area contributed by atoms with E-state index in [4.69, 9.17) is 5.73 Å². The van der Waals surface area contributed by atoms with E-state index in [1.54, 1.807) is 19.1 Å². The van der Waals surface area contributed by atoms with Crippen LogP contribution >= 0.6 is 15.9 Å². The summed E-state index contributed by atoms with van der Waals surface area (Å²) in [7, 11) is -3.80. The lowest BCUT2D eigenvalue weighted by Gasteiger charge is -2.16. The van der Waals surface area contributed by atoms with Crippen LogP contribution in [0.15, 0.2) is 51.8 Å². The molecule has 0 heterocycles. The molecule has 21 heavy (non-hydrogen) atoms. The zero-order valence-corrected chi connectivity index (χ0v) is 13.6. The Morgan fingerprint density at radius 1 is 1.24 bits per heavy atom. The van der Waals surface area contributed by atoms with Gasteiger partial charge < -0.3 is 5.73 Å². The van der Waals surface area contributed by atoms with Gasteiger partial charge in [0.15, 0.2) is 0 Å². The van der Waals surface area contributed by atoms with Crippen LogP contribution in [0.1, 0.15) is 18.5 Å². The van der Waals surface area contributed by atoms with Gasteiger partial charge >= 0.3 is 0 Å². The van der Waals surface area contributed by atoms with Crippen LogP contribution in [0.4, 0.5) is 10.1 Å². The summed E-state index contributed by atoms with van der Waals surface area (Å²) in [5.74, 6) is -0.416. The van der Waals surface area contributed by atoms with E-state index in [0.717, 1.165) is 0 Å². The van der Waals surface area contributed by atoms with E-state index in [9.17, 15) is 12.8 Å². The highest BCUT2D eigenvalue weighted by Gasteiger charge is 2.21. The molecule has 112 valence electrons. The summed E-state index contributed by atoms with van der Waals surface area (Å²) in [6, 6.07) is 9.79. The standard InChI is InChI=1S/C14H14BrFN2O2S/c1-9(10-3-2-4-12(16)7-10)18-21(19,20)14-8-11(15)5-6-13(14)17/h2-9,18H,17H2,1H3. The number of nitrogens with one attached hydrogen (secondary N) is 1. The van der Waals surface area contributed by atoms with Crippen LogP contribution in [0.5, 0.6) is 0 Å². The van der Waals surface area contributed by atoms with E-state index in [1.807, 2.05) is 0 Å². The second-order valence-electron chi connectivity index (χ2n) is 4.58. The maximum Gasteiger partial charge on any atom is 0.243 e. The average molecular weight is 373 g/mol. The van der Waals surface area contributed by atoms with Crippen LogP contribution in [0.3, 0.4) is 0 Å². The van der Waals surface area contributed by atoms with Gasteiger partial charge in [-0.05, 0) is 42.8 Å². The van der Waals surface area contributed by atoms with Crippen molar-refractivity contribution in [1.29, 1.82) is 0 Å². The Kier molecular flexibility index (Phi) is 4.65. The molecule has 0 aliphatic rings. The van der Waals surface area contributed by atoms with E-state index < -0.39 is 21.9 Å². The molecule has 0 aromatic heterocycles.